The Kier molecular flexibility index (Phi) is 4.45. The van der Waals surface area contributed by atoms with Gasteiger partial charge in [0.1, 0.15) is 11.6 Å². The van der Waals surface area contributed by atoms with Crippen LogP contribution in [0.3, 0.4) is 0 Å². The molecule has 0 saturated carbocycles. The summed E-state index contributed by atoms with van der Waals surface area (Å²) in [6.45, 7) is 5.00. The molecule has 2 aromatic carbocycles. The number of ether oxygens (including phenoxy) is 1. The van der Waals surface area contributed by atoms with Crippen molar-refractivity contribution in [2.45, 2.75) is 64.0 Å². The van der Waals surface area contributed by atoms with Gasteiger partial charge in [-0.2, -0.15) is 8.78 Å². The molecule has 6 rings (SSSR count). The lowest BCUT2D eigenvalue weighted by atomic mass is 9.79. The van der Waals surface area contributed by atoms with E-state index in [2.05, 4.69) is 5.32 Å². The highest BCUT2D eigenvalue weighted by Crippen LogP contribution is 2.47. The van der Waals surface area contributed by atoms with Crippen molar-refractivity contribution in [3.8, 4) is 5.75 Å². The molecule has 34 heavy (non-hydrogen) atoms. The SMILES string of the molecule is CC1(C)OB(c2ccc3nc4n(c3c2)C2C[C@H]4NC(=O)c3cccc(OC(F)F)c32)OC1(C)C. The fraction of sp³-hybridized carbons (Fsp3) is 0.417. The average molecular weight is 467 g/mol. The van der Waals surface area contributed by atoms with E-state index in [4.69, 9.17) is 19.0 Å². The fourth-order valence-electron chi connectivity index (χ4n) is 5.15. The van der Waals surface area contributed by atoms with Crippen molar-refractivity contribution in [1.82, 2.24) is 14.9 Å². The number of fused-ring (bicyclic) bond motifs is 9. The van der Waals surface area contributed by atoms with Crippen LogP contribution in [0, 0.1) is 0 Å². The lowest BCUT2D eigenvalue weighted by molar-refractivity contribution is -0.0507. The molecule has 1 unspecified atom stereocenters. The molecule has 3 aliphatic rings. The van der Waals surface area contributed by atoms with E-state index < -0.39 is 24.9 Å². The first-order chi connectivity index (χ1) is 16.1. The third-order valence-electron chi connectivity index (χ3n) is 7.51. The highest BCUT2D eigenvalue weighted by molar-refractivity contribution is 6.62. The number of imidazole rings is 1. The number of rotatable bonds is 3. The van der Waals surface area contributed by atoms with Crippen LogP contribution in [0.25, 0.3) is 11.0 Å². The molecule has 1 saturated heterocycles. The number of carbonyl (C=O) groups is 1. The second-order valence-corrected chi connectivity index (χ2v) is 10.0. The van der Waals surface area contributed by atoms with Crippen LogP contribution in [0.1, 0.15) is 67.9 Å². The number of benzene rings is 2. The van der Waals surface area contributed by atoms with Crippen LogP contribution in [0.15, 0.2) is 36.4 Å². The van der Waals surface area contributed by atoms with E-state index >= 15 is 0 Å². The van der Waals surface area contributed by atoms with Gasteiger partial charge in [0.25, 0.3) is 5.91 Å². The number of nitrogens with zero attached hydrogens (tertiary/aromatic N) is 2. The van der Waals surface area contributed by atoms with Crippen molar-refractivity contribution < 1.29 is 27.6 Å². The molecule has 1 amide bonds. The first-order valence-electron chi connectivity index (χ1n) is 11.3. The Morgan fingerprint density at radius 2 is 1.91 bits per heavy atom. The van der Waals surface area contributed by atoms with E-state index in [1.165, 1.54) is 6.07 Å². The zero-order chi connectivity index (χ0) is 24.0. The molecule has 10 heteroatoms. The quantitative estimate of drug-likeness (QED) is 0.595. The number of aromatic nitrogens is 2. The van der Waals surface area contributed by atoms with Crippen molar-refractivity contribution >= 4 is 29.5 Å². The second-order valence-electron chi connectivity index (χ2n) is 10.0. The zero-order valence-corrected chi connectivity index (χ0v) is 19.3. The van der Waals surface area contributed by atoms with Crippen molar-refractivity contribution in [3.05, 3.63) is 53.3 Å². The minimum atomic E-state index is -3.00. The minimum Gasteiger partial charge on any atom is -0.434 e. The van der Waals surface area contributed by atoms with Gasteiger partial charge in [0.15, 0.2) is 0 Å². The van der Waals surface area contributed by atoms with Crippen LogP contribution in [0.4, 0.5) is 8.78 Å². The van der Waals surface area contributed by atoms with Gasteiger partial charge >= 0.3 is 13.7 Å². The molecule has 0 aliphatic carbocycles. The summed E-state index contributed by atoms with van der Waals surface area (Å²) in [5.74, 6) is 0.375. The molecule has 1 aromatic heterocycles. The number of amides is 1. The average Bonchev–Trinajstić information content (AvgIpc) is 3.32. The summed E-state index contributed by atoms with van der Waals surface area (Å²) in [5.41, 5.74) is 2.23. The van der Waals surface area contributed by atoms with Crippen LogP contribution in [-0.4, -0.2) is 40.4 Å². The summed E-state index contributed by atoms with van der Waals surface area (Å²) in [6.07, 6.45) is 0.501. The fourth-order valence-corrected chi connectivity index (χ4v) is 5.15. The molecular formula is C24H24BF2N3O4. The number of hydrogen-bond acceptors (Lipinski definition) is 5. The van der Waals surface area contributed by atoms with E-state index in [9.17, 15) is 13.6 Å². The Labute approximate surface area is 195 Å². The second kappa shape index (κ2) is 7.02. The number of halogens is 2. The van der Waals surface area contributed by atoms with Gasteiger partial charge in [-0.15, -0.1) is 0 Å². The summed E-state index contributed by atoms with van der Waals surface area (Å²) >= 11 is 0. The molecule has 1 fully saturated rings. The van der Waals surface area contributed by atoms with Gasteiger partial charge in [-0.1, -0.05) is 12.1 Å². The number of hydrogen-bond donors (Lipinski definition) is 1. The smallest absolute Gasteiger partial charge is 0.434 e. The third kappa shape index (κ3) is 3.01. The largest absolute Gasteiger partial charge is 0.494 e. The van der Waals surface area contributed by atoms with Gasteiger partial charge in [-0.3, -0.25) is 4.79 Å². The lowest BCUT2D eigenvalue weighted by Gasteiger charge is -2.32. The minimum absolute atomic E-state index is 0.00473. The highest BCUT2D eigenvalue weighted by atomic mass is 19.3. The Morgan fingerprint density at radius 1 is 1.18 bits per heavy atom. The van der Waals surface area contributed by atoms with E-state index in [1.54, 1.807) is 12.1 Å². The summed E-state index contributed by atoms with van der Waals surface area (Å²) in [6, 6.07) is 9.75. The van der Waals surface area contributed by atoms with Crippen LogP contribution < -0.4 is 15.5 Å². The van der Waals surface area contributed by atoms with E-state index in [-0.39, 0.29) is 23.7 Å². The predicted molar refractivity (Wildman–Crippen MR) is 121 cm³/mol. The predicted octanol–water partition coefficient (Wildman–Crippen LogP) is 3.71. The number of nitrogens with one attached hydrogen (secondary N) is 1. The zero-order valence-electron chi connectivity index (χ0n) is 19.3. The van der Waals surface area contributed by atoms with E-state index in [1.807, 2.05) is 50.5 Å². The molecule has 2 bridgehead atoms. The Morgan fingerprint density at radius 3 is 2.62 bits per heavy atom. The number of carbonyl (C=O) groups excluding carboxylic acids is 1. The van der Waals surface area contributed by atoms with Crippen LogP contribution in [0.5, 0.6) is 5.75 Å². The van der Waals surface area contributed by atoms with Crippen molar-refractivity contribution in [1.29, 1.82) is 0 Å². The Balaban J connectivity index is 1.50. The van der Waals surface area contributed by atoms with Crippen molar-refractivity contribution in [2.24, 2.45) is 0 Å². The molecule has 4 heterocycles. The normalized spacial score (nSPS) is 24.2. The molecular weight excluding hydrogens is 443 g/mol. The van der Waals surface area contributed by atoms with Crippen LogP contribution in [-0.2, 0) is 9.31 Å². The van der Waals surface area contributed by atoms with Crippen molar-refractivity contribution in [3.63, 3.8) is 0 Å². The van der Waals surface area contributed by atoms with E-state index in [0.29, 0.717) is 23.4 Å². The highest BCUT2D eigenvalue weighted by Gasteiger charge is 2.52. The van der Waals surface area contributed by atoms with Crippen LogP contribution in [0.2, 0.25) is 0 Å². The van der Waals surface area contributed by atoms with Gasteiger partial charge in [-0.25, -0.2) is 4.98 Å². The Hall–Kier alpha value is -2.98. The van der Waals surface area contributed by atoms with Crippen LogP contribution >= 0.6 is 0 Å². The first-order valence-corrected chi connectivity index (χ1v) is 11.3. The number of alkyl halides is 2. The van der Waals surface area contributed by atoms with E-state index in [0.717, 1.165) is 16.5 Å². The topological polar surface area (TPSA) is 74.6 Å². The summed E-state index contributed by atoms with van der Waals surface area (Å²) in [5, 5.41) is 3.00. The first kappa shape index (κ1) is 21.6. The van der Waals surface area contributed by atoms with Gasteiger partial charge < -0.3 is 23.9 Å². The summed E-state index contributed by atoms with van der Waals surface area (Å²) in [4.78, 5) is 17.7. The van der Waals surface area contributed by atoms with Crippen molar-refractivity contribution in [2.75, 3.05) is 0 Å². The molecule has 2 atom stereocenters. The lowest BCUT2D eigenvalue weighted by Crippen LogP contribution is -2.41. The molecule has 3 aromatic rings. The maximum Gasteiger partial charge on any atom is 0.494 e. The summed E-state index contributed by atoms with van der Waals surface area (Å²) < 4.78 is 45.7. The molecule has 0 spiro atoms. The molecule has 176 valence electrons. The van der Waals surface area contributed by atoms with Gasteiger partial charge in [0, 0.05) is 11.1 Å². The molecule has 1 N–H and O–H groups in total. The Bertz CT molecular complexity index is 1320. The van der Waals surface area contributed by atoms with Gasteiger partial charge in [0.05, 0.1) is 34.3 Å². The monoisotopic (exact) mass is 467 g/mol. The standard InChI is InChI=1S/C24H24BF2N3O4/c1-23(2)24(3,4)34-25(33-23)12-8-9-14-16(10-12)30-17-11-15(20(30)28-14)29-21(31)13-6-5-7-18(19(13)17)32-22(26)27/h5-10,15,17,22H,11H2,1-4H3,(H,29,31)/t15-,17?/m1/s1. The maximum atomic E-state index is 13.2. The maximum absolute atomic E-state index is 13.2. The van der Waals surface area contributed by atoms with Gasteiger partial charge in [0.2, 0.25) is 0 Å². The molecule has 7 nitrogen and oxygen atoms in total. The summed E-state index contributed by atoms with van der Waals surface area (Å²) in [7, 11) is -0.547. The third-order valence-corrected chi connectivity index (χ3v) is 7.51. The van der Waals surface area contributed by atoms with Gasteiger partial charge in [-0.05, 0) is 63.8 Å². The molecule has 3 aliphatic heterocycles. The molecule has 0 radical (unpaired) electrons.